The third-order valence-corrected chi connectivity index (χ3v) is 5.66. The number of hydrogen-bond donors (Lipinski definition) is 2. The molecular weight excluding hydrogens is 341 g/mol. The van der Waals surface area contributed by atoms with E-state index in [1.165, 1.54) is 18.2 Å². The minimum atomic E-state index is -3.81. The monoisotopic (exact) mass is 355 g/mol. The Balaban J connectivity index is 1.80. The molecule has 1 aliphatic rings. The number of anilines is 1. The number of nitrogens with zero attached hydrogens (tertiary/aromatic N) is 1. The fourth-order valence-corrected chi connectivity index (χ4v) is 4.62. The Hall–Kier alpha value is -2.00. The van der Waals surface area contributed by atoms with Gasteiger partial charge < -0.3 is 5.32 Å². The molecule has 2 aromatic rings. The highest BCUT2D eigenvalue weighted by Crippen LogP contribution is 2.26. The number of benzene rings is 1. The molecule has 1 aromatic carbocycles. The number of aryl methyl sites for hydroxylation is 1. The Morgan fingerprint density at radius 2 is 2.13 bits per heavy atom. The van der Waals surface area contributed by atoms with Gasteiger partial charge in [0.15, 0.2) is 5.13 Å². The number of rotatable bonds is 4. The maximum Gasteiger partial charge on any atom is 0.263 e. The predicted molar refractivity (Wildman–Crippen MR) is 85.4 cm³/mol. The van der Waals surface area contributed by atoms with Gasteiger partial charge in [0.25, 0.3) is 5.91 Å². The lowest BCUT2D eigenvalue weighted by atomic mass is 10.2. The van der Waals surface area contributed by atoms with Crippen LogP contribution in [0, 0.1) is 5.82 Å². The summed E-state index contributed by atoms with van der Waals surface area (Å²) in [6.45, 7) is 0.580. The van der Waals surface area contributed by atoms with Gasteiger partial charge in [-0.25, -0.2) is 17.8 Å². The van der Waals surface area contributed by atoms with E-state index in [1.54, 1.807) is 6.07 Å². The molecule has 0 unspecified atom stereocenters. The molecule has 122 valence electrons. The molecule has 1 aliphatic heterocycles. The molecule has 0 radical (unpaired) electrons. The Morgan fingerprint density at radius 3 is 2.91 bits per heavy atom. The lowest BCUT2D eigenvalue weighted by Gasteiger charge is -2.06. The molecule has 2 N–H and O–H groups in total. The van der Waals surface area contributed by atoms with E-state index in [1.807, 2.05) is 0 Å². The van der Waals surface area contributed by atoms with Gasteiger partial charge >= 0.3 is 0 Å². The van der Waals surface area contributed by atoms with Crippen LogP contribution < -0.4 is 10.0 Å². The molecule has 2 heterocycles. The Kier molecular flexibility index (Phi) is 4.31. The lowest BCUT2D eigenvalue weighted by Crippen LogP contribution is -2.21. The molecule has 9 heteroatoms. The highest BCUT2D eigenvalue weighted by atomic mass is 32.2. The average molecular weight is 355 g/mol. The van der Waals surface area contributed by atoms with Gasteiger partial charge in [-0.1, -0.05) is 29.5 Å². The Morgan fingerprint density at radius 1 is 1.35 bits per heavy atom. The molecule has 1 aromatic heterocycles. The second-order valence-corrected chi connectivity index (χ2v) is 7.83. The molecule has 6 nitrogen and oxygen atoms in total. The maximum absolute atomic E-state index is 13.6. The first-order valence-electron chi connectivity index (χ1n) is 6.96. The highest BCUT2D eigenvalue weighted by Gasteiger charge is 2.23. The van der Waals surface area contributed by atoms with E-state index in [0.29, 0.717) is 23.5 Å². The molecule has 0 aliphatic carbocycles. The van der Waals surface area contributed by atoms with Crippen molar-refractivity contribution in [2.75, 3.05) is 11.3 Å². The normalized spacial score (nSPS) is 14.7. The fourth-order valence-electron chi connectivity index (χ4n) is 2.27. The highest BCUT2D eigenvalue weighted by molar-refractivity contribution is 7.92. The van der Waals surface area contributed by atoms with Crippen molar-refractivity contribution in [1.82, 2.24) is 10.3 Å². The summed E-state index contributed by atoms with van der Waals surface area (Å²) in [5.74, 6) is -1.31. The Labute approximate surface area is 136 Å². The first-order valence-corrected chi connectivity index (χ1v) is 9.43. The van der Waals surface area contributed by atoms with Crippen molar-refractivity contribution < 1.29 is 17.6 Å². The number of carbonyl (C=O) groups excluding carboxylic acids is 1. The smallest absolute Gasteiger partial charge is 0.263 e. The SMILES string of the molecule is O=C1NCCCc2nc(NS(=O)(=O)Cc3ccccc3F)sc21. The number of aromatic nitrogens is 1. The molecule has 23 heavy (non-hydrogen) atoms. The van der Waals surface area contributed by atoms with Crippen molar-refractivity contribution in [1.29, 1.82) is 0 Å². The standard InChI is InChI=1S/C14H14FN3O3S2/c15-10-5-2-1-4-9(10)8-23(20,21)18-14-17-11-6-3-7-16-13(19)12(11)22-14/h1-2,4-5H,3,6-8H2,(H,16,19)(H,17,18). The van der Waals surface area contributed by atoms with Crippen LogP contribution in [0.25, 0.3) is 0 Å². The second kappa shape index (κ2) is 6.25. The van der Waals surface area contributed by atoms with Crippen LogP contribution >= 0.6 is 11.3 Å². The minimum Gasteiger partial charge on any atom is -0.351 e. The van der Waals surface area contributed by atoms with Crippen LogP contribution in [0.1, 0.15) is 27.3 Å². The predicted octanol–water partition coefficient (Wildman–Crippen LogP) is 1.90. The van der Waals surface area contributed by atoms with Crippen molar-refractivity contribution >= 4 is 32.4 Å². The van der Waals surface area contributed by atoms with Gasteiger partial charge in [0.2, 0.25) is 10.0 Å². The van der Waals surface area contributed by atoms with Gasteiger partial charge in [0, 0.05) is 12.1 Å². The number of halogens is 1. The molecule has 0 atom stereocenters. The molecule has 0 fully saturated rings. The van der Waals surface area contributed by atoms with Crippen molar-refractivity contribution in [3.8, 4) is 0 Å². The van der Waals surface area contributed by atoms with Gasteiger partial charge in [-0.2, -0.15) is 0 Å². The topological polar surface area (TPSA) is 88.2 Å². The number of carbonyl (C=O) groups is 1. The van der Waals surface area contributed by atoms with Crippen molar-refractivity contribution in [2.45, 2.75) is 18.6 Å². The minimum absolute atomic E-state index is 0.0795. The fraction of sp³-hybridized carbons (Fsp3) is 0.286. The zero-order valence-corrected chi connectivity index (χ0v) is 13.6. The number of sulfonamides is 1. The van der Waals surface area contributed by atoms with Crippen LogP contribution in [0.3, 0.4) is 0 Å². The van der Waals surface area contributed by atoms with Crippen molar-refractivity contribution in [3.63, 3.8) is 0 Å². The average Bonchev–Trinajstić information content (AvgIpc) is 2.80. The van der Waals surface area contributed by atoms with E-state index >= 15 is 0 Å². The maximum atomic E-state index is 13.6. The van der Waals surface area contributed by atoms with Crippen LogP contribution in [-0.2, 0) is 22.2 Å². The quantitative estimate of drug-likeness (QED) is 0.877. The first-order chi connectivity index (χ1) is 10.9. The van der Waals surface area contributed by atoms with Crippen LogP contribution in [0.5, 0.6) is 0 Å². The third-order valence-electron chi connectivity index (χ3n) is 3.33. The zero-order valence-electron chi connectivity index (χ0n) is 12.0. The Bertz CT molecular complexity index is 849. The molecule has 0 bridgehead atoms. The molecule has 0 spiro atoms. The summed E-state index contributed by atoms with van der Waals surface area (Å²) in [4.78, 5) is 16.5. The first kappa shape index (κ1) is 15.9. The summed E-state index contributed by atoms with van der Waals surface area (Å²) in [5.41, 5.74) is 0.671. The van der Waals surface area contributed by atoms with Gasteiger partial charge in [-0.05, 0) is 18.9 Å². The number of hydrogen-bond acceptors (Lipinski definition) is 5. The van der Waals surface area contributed by atoms with Gasteiger partial charge in [-0.15, -0.1) is 0 Å². The second-order valence-electron chi connectivity index (χ2n) is 5.11. The van der Waals surface area contributed by atoms with E-state index in [4.69, 9.17) is 0 Å². The van der Waals surface area contributed by atoms with Crippen LogP contribution in [-0.4, -0.2) is 25.9 Å². The summed E-state index contributed by atoms with van der Waals surface area (Å²) in [6, 6.07) is 5.69. The number of nitrogens with one attached hydrogen (secondary N) is 2. The van der Waals surface area contributed by atoms with E-state index in [0.717, 1.165) is 17.8 Å². The number of fused-ring (bicyclic) bond motifs is 1. The van der Waals surface area contributed by atoms with Gasteiger partial charge in [-0.3, -0.25) is 9.52 Å². The summed E-state index contributed by atoms with van der Waals surface area (Å²) >= 11 is 0.991. The molecular formula is C14H14FN3O3S2. The van der Waals surface area contributed by atoms with Crippen LogP contribution in [0.2, 0.25) is 0 Å². The summed E-state index contributed by atoms with van der Waals surface area (Å²) < 4.78 is 40.3. The molecule has 0 saturated carbocycles. The zero-order chi connectivity index (χ0) is 16.4. The third kappa shape index (κ3) is 3.67. The molecule has 1 amide bonds. The number of amides is 1. The summed E-state index contributed by atoms with van der Waals surface area (Å²) in [7, 11) is -3.81. The van der Waals surface area contributed by atoms with Crippen molar-refractivity contribution in [3.05, 3.63) is 46.2 Å². The van der Waals surface area contributed by atoms with Crippen molar-refractivity contribution in [2.24, 2.45) is 0 Å². The summed E-state index contributed by atoms with van der Waals surface area (Å²) in [5, 5.41) is 2.86. The van der Waals surface area contributed by atoms with E-state index in [9.17, 15) is 17.6 Å². The lowest BCUT2D eigenvalue weighted by molar-refractivity contribution is 0.0960. The number of thiazole rings is 1. The van der Waals surface area contributed by atoms with Gasteiger partial charge in [0.1, 0.15) is 10.7 Å². The van der Waals surface area contributed by atoms with E-state index in [2.05, 4.69) is 15.0 Å². The molecule has 0 saturated heterocycles. The van der Waals surface area contributed by atoms with Crippen LogP contribution in [0.15, 0.2) is 24.3 Å². The molecule has 3 rings (SSSR count). The van der Waals surface area contributed by atoms with Gasteiger partial charge in [0.05, 0.1) is 11.4 Å². The summed E-state index contributed by atoms with van der Waals surface area (Å²) in [6.07, 6.45) is 1.36. The van der Waals surface area contributed by atoms with E-state index < -0.39 is 21.6 Å². The van der Waals surface area contributed by atoms with Crippen LogP contribution in [0.4, 0.5) is 9.52 Å². The largest absolute Gasteiger partial charge is 0.351 e. The van der Waals surface area contributed by atoms with E-state index in [-0.39, 0.29) is 16.6 Å².